The predicted molar refractivity (Wildman–Crippen MR) is 129 cm³/mol. The second-order valence-corrected chi connectivity index (χ2v) is 8.68. The van der Waals surface area contributed by atoms with Gasteiger partial charge in [-0.25, -0.2) is 19.3 Å². The number of nitrogens with one attached hydrogen (secondary N) is 3. The van der Waals surface area contributed by atoms with E-state index >= 15 is 0 Å². The molecule has 13 heteroatoms. The molecule has 12 nitrogen and oxygen atoms in total. The number of imidazole rings is 1. The number of hydrogen-bond donors (Lipinski definition) is 5. The number of halogens is 1. The van der Waals surface area contributed by atoms with Gasteiger partial charge in [-0.2, -0.15) is 0 Å². The Bertz CT molecular complexity index is 1240. The molecule has 3 aromatic rings. The van der Waals surface area contributed by atoms with Crippen LogP contribution in [0.1, 0.15) is 25.5 Å². The Kier molecular flexibility index (Phi) is 8.06. The second kappa shape index (κ2) is 11.4. The van der Waals surface area contributed by atoms with E-state index in [2.05, 4.69) is 30.6 Å². The maximum absolute atomic E-state index is 13.6. The van der Waals surface area contributed by atoms with Gasteiger partial charge in [0.25, 0.3) is 0 Å². The Hall–Kier alpha value is -3.94. The first-order valence-electron chi connectivity index (χ1n) is 11.6. The number of ether oxygens (including phenoxy) is 2. The number of aliphatic hydroxyl groups excluding tert-OH is 1. The quantitative estimate of drug-likeness (QED) is 0.268. The number of hydrogen-bond acceptors (Lipinski definition) is 9. The lowest BCUT2D eigenvalue weighted by Gasteiger charge is -2.35. The average molecular weight is 515 g/mol. The van der Waals surface area contributed by atoms with Crippen LogP contribution in [-0.4, -0.2) is 74.9 Å². The van der Waals surface area contributed by atoms with Gasteiger partial charge < -0.3 is 35.3 Å². The minimum absolute atomic E-state index is 0.0575. The smallest absolute Gasteiger partial charge is 0.305 e. The molecule has 3 heterocycles. The molecule has 1 fully saturated rings. The molecule has 1 aliphatic heterocycles. The van der Waals surface area contributed by atoms with Gasteiger partial charge in [0.05, 0.1) is 48.7 Å². The molecule has 1 aliphatic rings. The van der Waals surface area contributed by atoms with Crippen LogP contribution in [0.25, 0.3) is 22.6 Å². The van der Waals surface area contributed by atoms with Crippen molar-refractivity contribution in [3.8, 4) is 22.6 Å². The van der Waals surface area contributed by atoms with Gasteiger partial charge in [-0.3, -0.25) is 9.59 Å². The number of aliphatic carboxylic acids is 1. The molecule has 0 spiro atoms. The molecule has 2 aromatic heterocycles. The fourth-order valence-electron chi connectivity index (χ4n) is 3.65. The maximum Gasteiger partial charge on any atom is 0.305 e. The Labute approximate surface area is 211 Å². The van der Waals surface area contributed by atoms with Crippen molar-refractivity contribution >= 4 is 17.8 Å². The van der Waals surface area contributed by atoms with Crippen LogP contribution in [0.4, 0.5) is 10.3 Å². The Balaban J connectivity index is 1.60. The van der Waals surface area contributed by atoms with Crippen molar-refractivity contribution in [2.75, 3.05) is 38.2 Å². The summed E-state index contributed by atoms with van der Waals surface area (Å²) >= 11 is 0. The number of benzene rings is 1. The summed E-state index contributed by atoms with van der Waals surface area (Å²) in [6, 6.07) is 7.44. The summed E-state index contributed by atoms with van der Waals surface area (Å²) in [7, 11) is 0. The van der Waals surface area contributed by atoms with Gasteiger partial charge in [-0.1, -0.05) is 0 Å². The lowest BCUT2D eigenvalue weighted by atomic mass is 9.91. The van der Waals surface area contributed by atoms with Crippen molar-refractivity contribution < 1.29 is 33.7 Å². The van der Waals surface area contributed by atoms with Crippen molar-refractivity contribution in [2.24, 2.45) is 5.41 Å². The van der Waals surface area contributed by atoms with E-state index in [0.29, 0.717) is 28.5 Å². The number of carboxylic acid groups (broad SMARTS) is 1. The van der Waals surface area contributed by atoms with Gasteiger partial charge in [0.2, 0.25) is 18.1 Å². The maximum atomic E-state index is 13.6. The number of amides is 1. The van der Waals surface area contributed by atoms with E-state index in [0.717, 1.165) is 0 Å². The van der Waals surface area contributed by atoms with E-state index in [4.69, 9.17) is 19.7 Å². The van der Waals surface area contributed by atoms with Crippen LogP contribution >= 0.6 is 0 Å². The van der Waals surface area contributed by atoms with Gasteiger partial charge in [0.1, 0.15) is 5.82 Å². The lowest BCUT2D eigenvalue weighted by Crippen LogP contribution is -2.49. The Morgan fingerprint density at radius 2 is 1.89 bits per heavy atom. The van der Waals surface area contributed by atoms with Crippen molar-refractivity contribution in [3.63, 3.8) is 0 Å². The summed E-state index contributed by atoms with van der Waals surface area (Å²) in [6.07, 6.45) is 0.516. The molecule has 0 saturated carbocycles. The summed E-state index contributed by atoms with van der Waals surface area (Å²) < 4.78 is 25.3. The predicted octanol–water partition coefficient (Wildman–Crippen LogP) is 1.72. The van der Waals surface area contributed by atoms with Gasteiger partial charge in [-0.15, -0.1) is 0 Å². The number of anilines is 1. The summed E-state index contributed by atoms with van der Waals surface area (Å²) in [6.45, 7) is 1.92. The lowest BCUT2D eigenvalue weighted by molar-refractivity contribution is -0.231. The molecule has 1 saturated heterocycles. The Morgan fingerprint density at radius 3 is 2.57 bits per heavy atom. The number of carboxylic acids is 1. The number of carbonyl (C=O) groups is 2. The number of nitrogens with zero attached hydrogens (tertiary/aromatic N) is 3. The summed E-state index contributed by atoms with van der Waals surface area (Å²) in [4.78, 5) is 39.6. The Morgan fingerprint density at radius 1 is 1.16 bits per heavy atom. The first-order valence-corrected chi connectivity index (χ1v) is 11.6. The van der Waals surface area contributed by atoms with Gasteiger partial charge in [0, 0.05) is 24.8 Å². The van der Waals surface area contributed by atoms with Gasteiger partial charge >= 0.3 is 5.97 Å². The zero-order chi connectivity index (χ0) is 26.4. The molecule has 0 unspecified atom stereocenters. The number of carbonyl (C=O) groups excluding carboxylic acids is 1. The molecule has 0 radical (unpaired) electrons. The first kappa shape index (κ1) is 26.1. The van der Waals surface area contributed by atoms with Crippen molar-refractivity contribution in [3.05, 3.63) is 48.2 Å². The van der Waals surface area contributed by atoms with Crippen LogP contribution in [0.3, 0.4) is 0 Å². The van der Waals surface area contributed by atoms with E-state index in [1.165, 1.54) is 18.3 Å². The molecule has 4 rings (SSSR count). The molecular formula is C24H27FN6O6. The summed E-state index contributed by atoms with van der Waals surface area (Å²) in [5.41, 5.74) is 1.08. The number of aliphatic hydroxyl groups is 1. The number of rotatable bonds is 10. The topological polar surface area (TPSA) is 172 Å². The number of aromatic amines is 1. The largest absolute Gasteiger partial charge is 0.481 e. The fourth-order valence-corrected chi connectivity index (χ4v) is 3.65. The van der Waals surface area contributed by atoms with Crippen molar-refractivity contribution in [1.29, 1.82) is 0 Å². The molecule has 0 atom stereocenters. The standard InChI is InChI=1S/C24H27FN6O6/c1-24(22(35)26-10-11-32)12-36-21(37-13-24)20-30-18(14-2-4-15(25)5-3-14)19(31-20)16-6-8-27-23(29-16)28-9-7-17(33)34/h2-6,8,21,32H,7,9-13H2,1H3,(H,26,35)(H,30,31)(H,33,34)(H,27,28,29). The monoisotopic (exact) mass is 514 g/mol. The van der Waals surface area contributed by atoms with Gasteiger partial charge in [-0.05, 0) is 37.3 Å². The normalized spacial score (nSPS) is 19.4. The van der Waals surface area contributed by atoms with Crippen molar-refractivity contribution in [1.82, 2.24) is 25.3 Å². The highest BCUT2D eigenvalue weighted by atomic mass is 19.1. The molecular weight excluding hydrogens is 487 g/mol. The van der Waals surface area contributed by atoms with E-state index in [9.17, 15) is 14.0 Å². The number of aromatic nitrogens is 4. The number of H-pyrrole nitrogens is 1. The summed E-state index contributed by atoms with van der Waals surface area (Å²) in [5.74, 6) is -1.09. The molecule has 0 bridgehead atoms. The van der Waals surface area contributed by atoms with Crippen LogP contribution in [0.15, 0.2) is 36.5 Å². The molecule has 196 valence electrons. The SMILES string of the molecule is CC1(C(=O)NCCO)COC(c2nc(-c3ccc(F)cc3)c(-c3ccnc(NCCC(=O)O)n3)[nH]2)OC1. The highest BCUT2D eigenvalue weighted by Crippen LogP contribution is 2.35. The zero-order valence-corrected chi connectivity index (χ0v) is 20.0. The molecule has 1 amide bonds. The fraction of sp³-hybridized carbons (Fsp3) is 0.375. The van der Waals surface area contributed by atoms with E-state index in [1.54, 1.807) is 25.1 Å². The van der Waals surface area contributed by atoms with Crippen LogP contribution < -0.4 is 10.6 Å². The highest BCUT2D eigenvalue weighted by molar-refractivity contribution is 5.82. The first-order chi connectivity index (χ1) is 17.8. The minimum atomic E-state index is -0.949. The van der Waals surface area contributed by atoms with E-state index in [-0.39, 0.29) is 51.2 Å². The van der Waals surface area contributed by atoms with Gasteiger partial charge in [0.15, 0.2) is 5.82 Å². The molecule has 5 N–H and O–H groups in total. The molecule has 1 aromatic carbocycles. The third kappa shape index (κ3) is 6.25. The molecule has 37 heavy (non-hydrogen) atoms. The van der Waals surface area contributed by atoms with Crippen LogP contribution in [0.5, 0.6) is 0 Å². The minimum Gasteiger partial charge on any atom is -0.481 e. The van der Waals surface area contributed by atoms with Crippen LogP contribution in [0, 0.1) is 11.2 Å². The third-order valence-electron chi connectivity index (χ3n) is 5.65. The van der Waals surface area contributed by atoms with E-state index < -0.39 is 23.5 Å². The summed E-state index contributed by atoms with van der Waals surface area (Å²) in [5, 5.41) is 23.3. The molecule has 0 aliphatic carbocycles. The third-order valence-corrected chi connectivity index (χ3v) is 5.65. The van der Waals surface area contributed by atoms with E-state index in [1.807, 2.05) is 0 Å². The van der Waals surface area contributed by atoms with Crippen molar-refractivity contribution in [2.45, 2.75) is 19.6 Å². The average Bonchev–Trinajstić information content (AvgIpc) is 3.33. The second-order valence-electron chi connectivity index (χ2n) is 8.68. The highest BCUT2D eigenvalue weighted by Gasteiger charge is 2.40. The van der Waals surface area contributed by atoms with Crippen LogP contribution in [-0.2, 0) is 19.1 Å². The zero-order valence-electron chi connectivity index (χ0n) is 20.0. The van der Waals surface area contributed by atoms with Crippen LogP contribution in [0.2, 0.25) is 0 Å².